The van der Waals surface area contributed by atoms with Gasteiger partial charge in [-0.1, -0.05) is 18.0 Å². The van der Waals surface area contributed by atoms with Crippen LogP contribution in [0.5, 0.6) is 0 Å². The molecule has 1 aliphatic heterocycles. The minimum absolute atomic E-state index is 0.105. The highest BCUT2D eigenvalue weighted by Crippen LogP contribution is 2.25. The Kier molecular flexibility index (Phi) is 6.66. The summed E-state index contributed by atoms with van der Waals surface area (Å²) in [6, 6.07) is 8.85. The molecular formula is C19H22ClN3O2S. The molecule has 5 nitrogen and oxygen atoms in total. The van der Waals surface area contributed by atoms with Gasteiger partial charge in [0.05, 0.1) is 6.04 Å². The Hall–Kier alpha value is -1.89. The lowest BCUT2D eigenvalue weighted by Crippen LogP contribution is -2.43. The van der Waals surface area contributed by atoms with Crippen LogP contribution < -0.4 is 10.6 Å². The van der Waals surface area contributed by atoms with Crippen LogP contribution in [0.2, 0.25) is 5.02 Å². The number of thiophene rings is 1. The van der Waals surface area contributed by atoms with E-state index in [1.54, 1.807) is 35.6 Å². The van der Waals surface area contributed by atoms with Crippen LogP contribution in [0.15, 0.2) is 41.1 Å². The molecule has 0 spiro atoms. The van der Waals surface area contributed by atoms with Gasteiger partial charge < -0.3 is 10.6 Å². The van der Waals surface area contributed by atoms with E-state index in [1.165, 1.54) is 24.8 Å². The Bertz CT molecular complexity index is 728. The fraction of sp³-hybridized carbons (Fsp3) is 0.368. The molecule has 1 unspecified atom stereocenters. The van der Waals surface area contributed by atoms with Crippen LogP contribution in [0.4, 0.5) is 5.69 Å². The molecule has 1 aliphatic rings. The zero-order valence-electron chi connectivity index (χ0n) is 14.4. The quantitative estimate of drug-likeness (QED) is 0.764. The number of rotatable bonds is 5. The highest BCUT2D eigenvalue weighted by atomic mass is 35.5. The van der Waals surface area contributed by atoms with Crippen molar-refractivity contribution in [3.63, 3.8) is 0 Å². The molecule has 3 rings (SSSR count). The van der Waals surface area contributed by atoms with E-state index in [-0.39, 0.29) is 6.04 Å². The second-order valence-electron chi connectivity index (χ2n) is 6.34. The predicted octanol–water partition coefficient (Wildman–Crippen LogP) is 3.68. The Morgan fingerprint density at radius 1 is 1.08 bits per heavy atom. The third kappa shape index (κ3) is 5.06. The van der Waals surface area contributed by atoms with Crippen LogP contribution in [-0.2, 0) is 9.59 Å². The molecule has 1 aromatic carbocycles. The van der Waals surface area contributed by atoms with Crippen molar-refractivity contribution in [2.45, 2.75) is 25.3 Å². The number of nitrogens with zero attached hydrogens (tertiary/aromatic N) is 1. The van der Waals surface area contributed by atoms with E-state index in [9.17, 15) is 9.59 Å². The molecule has 2 heterocycles. The van der Waals surface area contributed by atoms with Crippen molar-refractivity contribution in [3.8, 4) is 0 Å². The van der Waals surface area contributed by atoms with Crippen molar-refractivity contribution in [2.75, 3.05) is 25.0 Å². The van der Waals surface area contributed by atoms with Crippen molar-refractivity contribution in [1.29, 1.82) is 0 Å². The zero-order valence-corrected chi connectivity index (χ0v) is 16.0. The Balaban J connectivity index is 1.58. The number of amides is 2. The maximum atomic E-state index is 12.2. The number of benzene rings is 1. The summed E-state index contributed by atoms with van der Waals surface area (Å²) in [5, 5.41) is 10.1. The molecule has 0 bridgehead atoms. The second kappa shape index (κ2) is 9.16. The largest absolute Gasteiger partial charge is 0.346 e. The Morgan fingerprint density at radius 2 is 1.81 bits per heavy atom. The molecule has 2 aromatic rings. The molecule has 0 saturated carbocycles. The lowest BCUT2D eigenvalue weighted by molar-refractivity contribution is -0.136. The number of likely N-dealkylation sites (tertiary alicyclic amines) is 1. The fourth-order valence-electron chi connectivity index (χ4n) is 3.14. The van der Waals surface area contributed by atoms with Crippen molar-refractivity contribution < 1.29 is 9.59 Å². The molecule has 2 amide bonds. The van der Waals surface area contributed by atoms with E-state index in [0.29, 0.717) is 17.3 Å². The van der Waals surface area contributed by atoms with Crippen LogP contribution >= 0.6 is 22.9 Å². The average Bonchev–Trinajstić information content (AvgIpc) is 3.19. The summed E-state index contributed by atoms with van der Waals surface area (Å²) in [4.78, 5) is 26.7. The van der Waals surface area contributed by atoms with Gasteiger partial charge in [-0.2, -0.15) is 11.3 Å². The lowest BCUT2D eigenvalue weighted by Gasteiger charge is -2.34. The first-order valence-corrected chi connectivity index (χ1v) is 10.1. The first-order valence-electron chi connectivity index (χ1n) is 8.74. The molecule has 1 aromatic heterocycles. The molecule has 1 atom stereocenters. The molecule has 26 heavy (non-hydrogen) atoms. The maximum absolute atomic E-state index is 12.2. The molecule has 1 fully saturated rings. The van der Waals surface area contributed by atoms with E-state index in [1.807, 2.05) is 5.38 Å². The molecule has 1 saturated heterocycles. The molecule has 7 heteroatoms. The van der Waals surface area contributed by atoms with E-state index in [4.69, 9.17) is 11.6 Å². The topological polar surface area (TPSA) is 61.4 Å². The normalized spacial score (nSPS) is 16.0. The van der Waals surface area contributed by atoms with Gasteiger partial charge in [0.1, 0.15) is 0 Å². The van der Waals surface area contributed by atoms with Gasteiger partial charge in [0.2, 0.25) is 0 Å². The van der Waals surface area contributed by atoms with Gasteiger partial charge in [0.25, 0.3) is 0 Å². The van der Waals surface area contributed by atoms with Crippen LogP contribution in [0.3, 0.4) is 0 Å². The number of anilines is 1. The van der Waals surface area contributed by atoms with Crippen molar-refractivity contribution in [2.24, 2.45) is 0 Å². The summed E-state index contributed by atoms with van der Waals surface area (Å²) in [5.41, 5.74) is 1.73. The number of hydrogen-bond acceptors (Lipinski definition) is 4. The highest BCUT2D eigenvalue weighted by molar-refractivity contribution is 7.08. The lowest BCUT2D eigenvalue weighted by atomic mass is 10.0. The molecule has 2 N–H and O–H groups in total. The molecule has 138 valence electrons. The van der Waals surface area contributed by atoms with Gasteiger partial charge in [0.15, 0.2) is 0 Å². The van der Waals surface area contributed by atoms with Crippen molar-refractivity contribution >= 4 is 40.4 Å². The highest BCUT2D eigenvalue weighted by Gasteiger charge is 2.24. The Labute approximate surface area is 162 Å². The van der Waals surface area contributed by atoms with Crippen LogP contribution in [0.1, 0.15) is 30.9 Å². The fourth-order valence-corrected chi connectivity index (χ4v) is 3.98. The summed E-state index contributed by atoms with van der Waals surface area (Å²) < 4.78 is 0. The third-order valence-electron chi connectivity index (χ3n) is 4.52. The smallest absolute Gasteiger partial charge is 0.313 e. The third-order valence-corrected chi connectivity index (χ3v) is 5.48. The molecule has 0 aliphatic carbocycles. The number of carbonyl (C=O) groups excluding carboxylic acids is 2. The van der Waals surface area contributed by atoms with Gasteiger partial charge in [-0.3, -0.25) is 14.5 Å². The number of carbonyl (C=O) groups is 2. The average molecular weight is 392 g/mol. The van der Waals surface area contributed by atoms with Gasteiger partial charge in [0, 0.05) is 17.3 Å². The summed E-state index contributed by atoms with van der Waals surface area (Å²) in [6.45, 7) is 2.46. The van der Waals surface area contributed by atoms with Crippen molar-refractivity contribution in [1.82, 2.24) is 10.2 Å². The Morgan fingerprint density at radius 3 is 2.46 bits per heavy atom. The minimum atomic E-state index is -0.671. The van der Waals surface area contributed by atoms with E-state index in [0.717, 1.165) is 13.1 Å². The predicted molar refractivity (Wildman–Crippen MR) is 106 cm³/mol. The van der Waals surface area contributed by atoms with E-state index < -0.39 is 11.8 Å². The maximum Gasteiger partial charge on any atom is 0.313 e. The number of nitrogens with one attached hydrogen (secondary N) is 2. The first-order chi connectivity index (χ1) is 12.6. The minimum Gasteiger partial charge on any atom is -0.346 e. The summed E-state index contributed by atoms with van der Waals surface area (Å²) in [7, 11) is 0. The number of piperidine rings is 1. The zero-order chi connectivity index (χ0) is 18.4. The van der Waals surface area contributed by atoms with Crippen LogP contribution in [0.25, 0.3) is 0 Å². The number of hydrogen-bond donors (Lipinski definition) is 2. The monoisotopic (exact) mass is 391 g/mol. The molecular weight excluding hydrogens is 370 g/mol. The van der Waals surface area contributed by atoms with Crippen LogP contribution in [-0.4, -0.2) is 36.3 Å². The summed E-state index contributed by atoms with van der Waals surface area (Å²) >= 11 is 7.47. The summed E-state index contributed by atoms with van der Waals surface area (Å²) in [5.74, 6) is -1.30. The van der Waals surface area contributed by atoms with E-state index >= 15 is 0 Å². The standard InChI is InChI=1S/C19H22ClN3O2S/c20-15-4-6-16(7-5-15)22-19(25)18(24)21-12-17(14-8-11-26-13-14)23-9-2-1-3-10-23/h4-8,11,13,17H,1-3,9-10,12H2,(H,21,24)(H,22,25). The van der Waals surface area contributed by atoms with Gasteiger partial charge in [-0.05, 0) is 72.6 Å². The summed E-state index contributed by atoms with van der Waals surface area (Å²) in [6.07, 6.45) is 3.60. The van der Waals surface area contributed by atoms with Gasteiger partial charge in [-0.25, -0.2) is 0 Å². The number of halogens is 1. The van der Waals surface area contributed by atoms with Crippen LogP contribution in [0, 0.1) is 0 Å². The molecule has 0 radical (unpaired) electrons. The van der Waals surface area contributed by atoms with E-state index in [2.05, 4.69) is 27.0 Å². The first kappa shape index (κ1) is 18.9. The second-order valence-corrected chi connectivity index (χ2v) is 7.56. The van der Waals surface area contributed by atoms with Crippen molar-refractivity contribution in [3.05, 3.63) is 51.7 Å². The van der Waals surface area contributed by atoms with Gasteiger partial charge >= 0.3 is 11.8 Å². The van der Waals surface area contributed by atoms with Gasteiger partial charge in [-0.15, -0.1) is 0 Å². The SMILES string of the molecule is O=C(NCC(c1ccsc1)N1CCCCC1)C(=O)Nc1ccc(Cl)cc1.